The summed E-state index contributed by atoms with van der Waals surface area (Å²) in [6.45, 7) is 8.50. The summed E-state index contributed by atoms with van der Waals surface area (Å²) in [6.07, 6.45) is 6.34. The zero-order valence-electron chi connectivity index (χ0n) is 15.0. The van der Waals surface area contributed by atoms with Gasteiger partial charge in [0.2, 0.25) is 5.91 Å². The molecule has 1 aliphatic rings. The van der Waals surface area contributed by atoms with Crippen molar-refractivity contribution in [2.24, 2.45) is 0 Å². The fraction of sp³-hybridized carbons (Fsp3) is 0.550. The second kappa shape index (κ2) is 10.1. The number of amides is 1. The predicted octanol–water partition coefficient (Wildman–Crippen LogP) is 3.09. The summed E-state index contributed by atoms with van der Waals surface area (Å²) in [5.74, 6) is 0.0687. The Morgan fingerprint density at radius 2 is 2.04 bits per heavy atom. The second-order valence-electron chi connectivity index (χ2n) is 6.24. The molecule has 132 valence electrons. The quantitative estimate of drug-likeness (QED) is 0.542. The molecule has 1 aliphatic heterocycles. The Morgan fingerprint density at radius 3 is 2.75 bits per heavy atom. The molecule has 0 spiro atoms. The smallest absolute Gasteiger partial charge is 0.249 e. The first-order chi connectivity index (χ1) is 11.7. The lowest BCUT2D eigenvalue weighted by atomic mass is 10.1. The van der Waals surface area contributed by atoms with Gasteiger partial charge in [-0.05, 0) is 38.3 Å². The zero-order valence-corrected chi connectivity index (χ0v) is 15.0. The fourth-order valence-corrected chi connectivity index (χ4v) is 3.21. The van der Waals surface area contributed by atoms with E-state index in [1.54, 1.807) is 6.08 Å². The van der Waals surface area contributed by atoms with Crippen molar-refractivity contribution in [3.8, 4) is 0 Å². The van der Waals surface area contributed by atoms with E-state index in [0.717, 1.165) is 39.0 Å². The molecule has 1 heterocycles. The number of benzene rings is 1. The number of hydrogen-bond acceptors (Lipinski definition) is 3. The molecular formula is C20H30N2O2. The molecule has 1 saturated heterocycles. The average molecular weight is 330 g/mol. The summed E-state index contributed by atoms with van der Waals surface area (Å²) in [4.78, 5) is 16.8. The van der Waals surface area contributed by atoms with Gasteiger partial charge >= 0.3 is 0 Å². The number of ether oxygens (including phenoxy) is 1. The average Bonchev–Trinajstić information content (AvgIpc) is 2.62. The lowest BCUT2D eigenvalue weighted by Gasteiger charge is -2.40. The molecule has 0 aromatic heterocycles. The highest BCUT2D eigenvalue weighted by Crippen LogP contribution is 2.14. The van der Waals surface area contributed by atoms with Crippen LogP contribution in [0.15, 0.2) is 42.7 Å². The topological polar surface area (TPSA) is 32.8 Å². The number of nitrogens with zero attached hydrogens (tertiary/aromatic N) is 2. The van der Waals surface area contributed by atoms with Gasteiger partial charge in [0, 0.05) is 31.8 Å². The summed E-state index contributed by atoms with van der Waals surface area (Å²) < 4.78 is 5.14. The Kier molecular flexibility index (Phi) is 7.83. The third kappa shape index (κ3) is 5.68. The normalized spacial score (nSPS) is 18.9. The molecule has 4 nitrogen and oxygen atoms in total. The molecule has 2 rings (SSSR count). The Labute approximate surface area is 146 Å². The maximum Gasteiger partial charge on any atom is 0.249 e. The van der Waals surface area contributed by atoms with E-state index < -0.39 is 0 Å². The van der Waals surface area contributed by atoms with Gasteiger partial charge in [-0.25, -0.2) is 0 Å². The van der Waals surface area contributed by atoms with Crippen LogP contribution in [0.3, 0.4) is 0 Å². The van der Waals surface area contributed by atoms with Crippen LogP contribution in [-0.2, 0) is 16.0 Å². The van der Waals surface area contributed by atoms with Gasteiger partial charge in [-0.15, -0.1) is 0 Å². The van der Waals surface area contributed by atoms with Crippen LogP contribution in [0, 0.1) is 0 Å². The van der Waals surface area contributed by atoms with Crippen molar-refractivity contribution < 1.29 is 9.53 Å². The first kappa shape index (κ1) is 18.5. The summed E-state index contributed by atoms with van der Waals surface area (Å²) in [5.41, 5.74) is 1.40. The monoisotopic (exact) mass is 330 g/mol. The number of piperazine rings is 1. The summed E-state index contributed by atoms with van der Waals surface area (Å²) >= 11 is 0. The van der Waals surface area contributed by atoms with Crippen LogP contribution in [0.1, 0.15) is 32.3 Å². The molecule has 1 unspecified atom stereocenters. The zero-order chi connectivity index (χ0) is 17.2. The standard InChI is InChI=1S/C20H30N2O2/c1-3-19-17-21(13-8-11-18-9-6-5-7-10-18)14-15-22(19)20(23)12-16-24-4-2/h5-7,9-10,12,16,19H,3-4,8,11,13-15,17H2,1-2H3. The van der Waals surface area contributed by atoms with Crippen LogP contribution >= 0.6 is 0 Å². The highest BCUT2D eigenvalue weighted by Gasteiger charge is 2.27. The van der Waals surface area contributed by atoms with Gasteiger partial charge in [-0.1, -0.05) is 37.3 Å². The maximum atomic E-state index is 12.3. The molecule has 24 heavy (non-hydrogen) atoms. The van der Waals surface area contributed by atoms with Crippen LogP contribution in [0.4, 0.5) is 0 Å². The van der Waals surface area contributed by atoms with E-state index in [2.05, 4.69) is 42.2 Å². The van der Waals surface area contributed by atoms with Crippen LogP contribution < -0.4 is 0 Å². The number of hydrogen-bond donors (Lipinski definition) is 0. The highest BCUT2D eigenvalue weighted by molar-refractivity contribution is 5.87. The molecule has 0 aliphatic carbocycles. The molecule has 1 amide bonds. The first-order valence-electron chi connectivity index (χ1n) is 9.09. The van der Waals surface area contributed by atoms with Crippen LogP contribution in [-0.4, -0.2) is 54.5 Å². The molecule has 1 aromatic rings. The van der Waals surface area contributed by atoms with Crippen LogP contribution in [0.25, 0.3) is 0 Å². The molecule has 0 N–H and O–H groups in total. The number of aryl methyl sites for hydroxylation is 1. The minimum atomic E-state index is 0.0687. The number of carbonyl (C=O) groups is 1. The largest absolute Gasteiger partial charge is 0.501 e. The van der Waals surface area contributed by atoms with Gasteiger partial charge in [-0.2, -0.15) is 0 Å². The van der Waals surface area contributed by atoms with Crippen molar-refractivity contribution in [3.63, 3.8) is 0 Å². The summed E-state index contributed by atoms with van der Waals surface area (Å²) in [5, 5.41) is 0. The molecule has 1 fully saturated rings. The van der Waals surface area contributed by atoms with Gasteiger partial charge in [0.25, 0.3) is 0 Å². The van der Waals surface area contributed by atoms with E-state index in [-0.39, 0.29) is 5.91 Å². The number of rotatable bonds is 8. The lowest BCUT2D eigenvalue weighted by molar-refractivity contribution is -0.131. The molecule has 0 bridgehead atoms. The first-order valence-corrected chi connectivity index (χ1v) is 9.09. The van der Waals surface area contributed by atoms with E-state index in [1.165, 1.54) is 18.2 Å². The Balaban J connectivity index is 1.78. The molecule has 0 saturated carbocycles. The summed E-state index contributed by atoms with van der Waals surface area (Å²) in [7, 11) is 0. The maximum absolute atomic E-state index is 12.3. The van der Waals surface area contributed by atoms with Gasteiger partial charge in [0.15, 0.2) is 0 Å². The fourth-order valence-electron chi connectivity index (χ4n) is 3.21. The van der Waals surface area contributed by atoms with Crippen molar-refractivity contribution in [3.05, 3.63) is 48.2 Å². The molecule has 1 aromatic carbocycles. The van der Waals surface area contributed by atoms with E-state index in [9.17, 15) is 4.79 Å². The van der Waals surface area contributed by atoms with Crippen molar-refractivity contribution in [2.75, 3.05) is 32.8 Å². The molecule has 1 atom stereocenters. The van der Waals surface area contributed by atoms with Gasteiger partial charge in [0.1, 0.15) is 0 Å². The molecule has 0 radical (unpaired) electrons. The summed E-state index contributed by atoms with van der Waals surface area (Å²) in [6, 6.07) is 10.9. The Morgan fingerprint density at radius 1 is 1.25 bits per heavy atom. The van der Waals surface area contributed by atoms with Gasteiger partial charge in [0.05, 0.1) is 12.9 Å². The highest BCUT2D eigenvalue weighted by atomic mass is 16.5. The second-order valence-corrected chi connectivity index (χ2v) is 6.24. The van der Waals surface area contributed by atoms with Crippen LogP contribution in [0.5, 0.6) is 0 Å². The van der Waals surface area contributed by atoms with E-state index in [0.29, 0.717) is 12.6 Å². The third-order valence-electron chi connectivity index (χ3n) is 4.58. The third-order valence-corrected chi connectivity index (χ3v) is 4.58. The SMILES string of the molecule is CCOC=CC(=O)N1CCN(CCCc2ccccc2)CC1CC. The van der Waals surface area contributed by atoms with Crippen molar-refractivity contribution >= 4 is 5.91 Å². The van der Waals surface area contributed by atoms with E-state index in [4.69, 9.17) is 4.74 Å². The molecule has 4 heteroatoms. The van der Waals surface area contributed by atoms with Crippen LogP contribution in [0.2, 0.25) is 0 Å². The predicted molar refractivity (Wildman–Crippen MR) is 97.8 cm³/mol. The minimum absolute atomic E-state index is 0.0687. The van der Waals surface area contributed by atoms with Gasteiger partial charge in [-0.3, -0.25) is 9.69 Å². The minimum Gasteiger partial charge on any atom is -0.501 e. The number of carbonyl (C=O) groups excluding carboxylic acids is 1. The lowest BCUT2D eigenvalue weighted by Crippen LogP contribution is -2.54. The van der Waals surface area contributed by atoms with Gasteiger partial charge < -0.3 is 9.64 Å². The Hall–Kier alpha value is -1.81. The van der Waals surface area contributed by atoms with E-state index in [1.807, 2.05) is 11.8 Å². The van der Waals surface area contributed by atoms with Crippen molar-refractivity contribution in [1.29, 1.82) is 0 Å². The van der Waals surface area contributed by atoms with E-state index >= 15 is 0 Å². The van der Waals surface area contributed by atoms with Crippen molar-refractivity contribution in [2.45, 2.75) is 39.2 Å². The Bertz CT molecular complexity index is 516. The van der Waals surface area contributed by atoms with Crippen molar-refractivity contribution in [1.82, 2.24) is 9.80 Å². The molecular weight excluding hydrogens is 300 g/mol.